The first-order chi connectivity index (χ1) is 11.6. The quantitative estimate of drug-likeness (QED) is 0.458. The number of nitrogens with one attached hydrogen (secondary N) is 1. The molecule has 0 spiro atoms. The van der Waals surface area contributed by atoms with E-state index in [2.05, 4.69) is 5.32 Å². The average Bonchev–Trinajstić information content (AvgIpc) is 2.60. The summed E-state index contributed by atoms with van der Waals surface area (Å²) in [6.45, 7) is 3.14. The molecule has 1 amide bonds. The second-order valence-corrected chi connectivity index (χ2v) is 5.24. The highest BCUT2D eigenvalue weighted by molar-refractivity contribution is 5.94. The Hall–Kier alpha value is -2.89. The smallest absolute Gasteiger partial charge is 0.269 e. The maximum atomic E-state index is 12.0. The van der Waals surface area contributed by atoms with Crippen molar-refractivity contribution in [1.29, 1.82) is 0 Å². The van der Waals surface area contributed by atoms with Crippen LogP contribution in [0.2, 0.25) is 0 Å². The van der Waals surface area contributed by atoms with Gasteiger partial charge in [-0.15, -0.1) is 0 Å². The summed E-state index contributed by atoms with van der Waals surface area (Å²) in [4.78, 5) is 22.1. The molecular formula is C18H20N2O4. The summed E-state index contributed by atoms with van der Waals surface area (Å²) in [7, 11) is 0. The third-order valence-electron chi connectivity index (χ3n) is 3.50. The van der Waals surface area contributed by atoms with Crippen LogP contribution in [-0.4, -0.2) is 24.0 Å². The lowest BCUT2D eigenvalue weighted by molar-refractivity contribution is -0.384. The molecule has 0 aromatic heterocycles. The minimum atomic E-state index is -0.488. The van der Waals surface area contributed by atoms with Gasteiger partial charge in [0.2, 0.25) is 0 Å². The van der Waals surface area contributed by atoms with Crippen molar-refractivity contribution in [2.75, 3.05) is 13.2 Å². The van der Waals surface area contributed by atoms with E-state index >= 15 is 0 Å². The van der Waals surface area contributed by atoms with Gasteiger partial charge in [0.15, 0.2) is 0 Å². The molecule has 0 fully saturated rings. The number of nitro benzene ring substituents is 1. The van der Waals surface area contributed by atoms with Crippen molar-refractivity contribution in [1.82, 2.24) is 5.32 Å². The molecule has 24 heavy (non-hydrogen) atoms. The minimum Gasteiger partial charge on any atom is -0.494 e. The van der Waals surface area contributed by atoms with E-state index in [-0.39, 0.29) is 11.6 Å². The van der Waals surface area contributed by atoms with E-state index in [1.807, 2.05) is 31.2 Å². The number of benzene rings is 2. The first-order valence-electron chi connectivity index (χ1n) is 7.84. The van der Waals surface area contributed by atoms with Crippen molar-refractivity contribution in [3.63, 3.8) is 0 Å². The van der Waals surface area contributed by atoms with Crippen molar-refractivity contribution in [2.24, 2.45) is 0 Å². The summed E-state index contributed by atoms with van der Waals surface area (Å²) < 4.78 is 5.39. The molecule has 2 aromatic carbocycles. The molecule has 0 aliphatic heterocycles. The Bertz CT molecular complexity index is 681. The van der Waals surface area contributed by atoms with Gasteiger partial charge in [0, 0.05) is 24.2 Å². The third-order valence-corrected chi connectivity index (χ3v) is 3.50. The second kappa shape index (κ2) is 8.67. The highest BCUT2D eigenvalue weighted by atomic mass is 16.6. The van der Waals surface area contributed by atoms with Crippen molar-refractivity contribution in [2.45, 2.75) is 19.8 Å². The number of hydrogen-bond acceptors (Lipinski definition) is 4. The zero-order valence-electron chi connectivity index (χ0n) is 13.5. The molecule has 0 radical (unpaired) electrons. The molecular weight excluding hydrogens is 308 g/mol. The van der Waals surface area contributed by atoms with Gasteiger partial charge in [-0.05, 0) is 49.6 Å². The highest BCUT2D eigenvalue weighted by Crippen LogP contribution is 2.13. The maximum absolute atomic E-state index is 12.0. The van der Waals surface area contributed by atoms with E-state index in [1.165, 1.54) is 29.8 Å². The van der Waals surface area contributed by atoms with Crippen molar-refractivity contribution in [3.05, 3.63) is 69.8 Å². The topological polar surface area (TPSA) is 81.5 Å². The van der Waals surface area contributed by atoms with E-state index in [4.69, 9.17) is 4.74 Å². The lowest BCUT2D eigenvalue weighted by Crippen LogP contribution is -2.24. The summed E-state index contributed by atoms with van der Waals surface area (Å²) in [5.74, 6) is 0.629. The van der Waals surface area contributed by atoms with Gasteiger partial charge in [0.1, 0.15) is 5.75 Å². The fourth-order valence-electron chi connectivity index (χ4n) is 2.25. The Kier molecular flexibility index (Phi) is 6.31. The van der Waals surface area contributed by atoms with Gasteiger partial charge in [-0.1, -0.05) is 12.1 Å². The molecule has 6 nitrogen and oxygen atoms in total. The van der Waals surface area contributed by atoms with Crippen molar-refractivity contribution >= 4 is 11.6 Å². The van der Waals surface area contributed by atoms with Crippen LogP contribution in [0.3, 0.4) is 0 Å². The summed E-state index contributed by atoms with van der Waals surface area (Å²) in [5.41, 5.74) is 1.58. The first kappa shape index (κ1) is 17.5. The van der Waals surface area contributed by atoms with Crippen LogP contribution in [-0.2, 0) is 6.42 Å². The van der Waals surface area contributed by atoms with Gasteiger partial charge in [-0.3, -0.25) is 14.9 Å². The van der Waals surface area contributed by atoms with Crippen LogP contribution in [0.5, 0.6) is 5.75 Å². The summed E-state index contributed by atoms with van der Waals surface area (Å²) >= 11 is 0. The average molecular weight is 328 g/mol. The zero-order chi connectivity index (χ0) is 17.4. The van der Waals surface area contributed by atoms with Crippen LogP contribution in [0.1, 0.15) is 29.3 Å². The molecule has 0 unspecified atom stereocenters. The number of nitro groups is 1. The van der Waals surface area contributed by atoms with Gasteiger partial charge in [0.25, 0.3) is 11.6 Å². The molecule has 0 aliphatic carbocycles. The zero-order valence-corrected chi connectivity index (χ0v) is 13.5. The number of nitrogens with zero attached hydrogens (tertiary/aromatic N) is 1. The van der Waals surface area contributed by atoms with Crippen LogP contribution < -0.4 is 10.1 Å². The molecule has 0 saturated heterocycles. The fraction of sp³-hybridized carbons (Fsp3) is 0.278. The number of carbonyl (C=O) groups excluding carboxylic acids is 1. The van der Waals surface area contributed by atoms with E-state index in [9.17, 15) is 14.9 Å². The van der Waals surface area contributed by atoms with Crippen LogP contribution in [0.4, 0.5) is 5.69 Å². The predicted octanol–water partition coefficient (Wildman–Crippen LogP) is 3.36. The van der Waals surface area contributed by atoms with Crippen LogP contribution >= 0.6 is 0 Å². The Morgan fingerprint density at radius 3 is 2.38 bits per heavy atom. The minimum absolute atomic E-state index is 0.0259. The van der Waals surface area contributed by atoms with Gasteiger partial charge >= 0.3 is 0 Å². The molecule has 1 N–H and O–H groups in total. The molecule has 2 rings (SSSR count). The van der Waals surface area contributed by atoms with Gasteiger partial charge < -0.3 is 10.1 Å². The number of rotatable bonds is 8. The number of ether oxygens (including phenoxy) is 1. The van der Waals surface area contributed by atoms with Crippen LogP contribution in [0.15, 0.2) is 48.5 Å². The number of non-ortho nitro benzene ring substituents is 1. The predicted molar refractivity (Wildman–Crippen MR) is 91.4 cm³/mol. The first-order valence-corrected chi connectivity index (χ1v) is 7.84. The van der Waals surface area contributed by atoms with Gasteiger partial charge in [-0.2, -0.15) is 0 Å². The van der Waals surface area contributed by atoms with Gasteiger partial charge in [0.05, 0.1) is 11.5 Å². The number of hydrogen-bond donors (Lipinski definition) is 1. The van der Waals surface area contributed by atoms with Gasteiger partial charge in [-0.25, -0.2) is 0 Å². The normalized spacial score (nSPS) is 10.2. The Morgan fingerprint density at radius 1 is 1.12 bits per heavy atom. The number of carbonyl (C=O) groups is 1. The molecule has 0 saturated carbocycles. The Labute approximate surface area is 140 Å². The lowest BCUT2D eigenvalue weighted by Gasteiger charge is -2.07. The number of amides is 1. The molecule has 126 valence electrons. The monoisotopic (exact) mass is 328 g/mol. The molecule has 0 atom stereocenters. The third kappa shape index (κ3) is 5.08. The Balaban J connectivity index is 1.75. The molecule has 0 bridgehead atoms. The van der Waals surface area contributed by atoms with E-state index in [0.717, 1.165) is 18.6 Å². The Morgan fingerprint density at radius 2 is 1.79 bits per heavy atom. The maximum Gasteiger partial charge on any atom is 0.269 e. The molecule has 6 heteroatoms. The van der Waals surface area contributed by atoms with Crippen molar-refractivity contribution < 1.29 is 14.5 Å². The standard InChI is InChI=1S/C18H20N2O4/c1-2-24-17-11-5-14(6-12-17)4-3-13-19-18(21)15-7-9-16(10-8-15)20(22)23/h5-12H,2-4,13H2,1H3,(H,19,21). The number of aryl methyl sites for hydroxylation is 1. The van der Waals surface area contributed by atoms with Crippen LogP contribution in [0.25, 0.3) is 0 Å². The summed E-state index contributed by atoms with van der Waals surface area (Å²) in [5, 5.41) is 13.4. The second-order valence-electron chi connectivity index (χ2n) is 5.24. The molecule has 0 heterocycles. The summed E-state index contributed by atoms with van der Waals surface area (Å²) in [6, 6.07) is 13.5. The highest BCUT2D eigenvalue weighted by Gasteiger charge is 2.08. The fourth-order valence-corrected chi connectivity index (χ4v) is 2.25. The van der Waals surface area contributed by atoms with E-state index in [1.54, 1.807) is 0 Å². The largest absolute Gasteiger partial charge is 0.494 e. The van der Waals surface area contributed by atoms with E-state index < -0.39 is 4.92 Å². The van der Waals surface area contributed by atoms with Crippen molar-refractivity contribution in [3.8, 4) is 5.75 Å². The summed E-state index contributed by atoms with van der Waals surface area (Å²) in [6.07, 6.45) is 1.67. The lowest BCUT2D eigenvalue weighted by atomic mass is 10.1. The van der Waals surface area contributed by atoms with E-state index in [0.29, 0.717) is 18.7 Å². The van der Waals surface area contributed by atoms with Crippen LogP contribution in [0, 0.1) is 10.1 Å². The molecule has 0 aliphatic rings. The SMILES string of the molecule is CCOc1ccc(CCCNC(=O)c2ccc([N+](=O)[O-])cc2)cc1. The molecule has 2 aromatic rings.